The summed E-state index contributed by atoms with van der Waals surface area (Å²) in [6.07, 6.45) is 3.45. The summed E-state index contributed by atoms with van der Waals surface area (Å²) in [5, 5.41) is 2.81. The minimum atomic E-state index is -0.111. The number of nitrogens with one attached hydrogen (secondary N) is 1. The van der Waals surface area contributed by atoms with Crippen molar-refractivity contribution >= 4 is 11.6 Å². The first-order chi connectivity index (χ1) is 8.70. The number of anilines is 1. The van der Waals surface area contributed by atoms with Gasteiger partial charge in [0, 0.05) is 12.4 Å². The van der Waals surface area contributed by atoms with Crippen LogP contribution in [0.1, 0.15) is 5.82 Å². The van der Waals surface area contributed by atoms with Crippen molar-refractivity contribution in [2.24, 2.45) is 0 Å². The molecular formula is C13H15N3O2. The molecule has 1 amide bonds. The minimum Gasteiger partial charge on any atom is -0.495 e. The Balaban J connectivity index is 2.05. The smallest absolute Gasteiger partial charge is 0.244 e. The maximum Gasteiger partial charge on any atom is 0.244 e. The SMILES string of the molecule is COc1ccccc1NC(=O)Cn1ccnc1C. The molecule has 0 aliphatic carbocycles. The lowest BCUT2D eigenvalue weighted by atomic mass is 10.3. The summed E-state index contributed by atoms with van der Waals surface area (Å²) in [5.41, 5.74) is 0.669. The third kappa shape index (κ3) is 2.68. The maximum atomic E-state index is 11.9. The van der Waals surface area contributed by atoms with Crippen molar-refractivity contribution in [2.45, 2.75) is 13.5 Å². The summed E-state index contributed by atoms with van der Waals surface area (Å²) < 4.78 is 6.95. The van der Waals surface area contributed by atoms with Crippen LogP contribution in [0.15, 0.2) is 36.7 Å². The van der Waals surface area contributed by atoms with E-state index in [2.05, 4.69) is 10.3 Å². The van der Waals surface area contributed by atoms with Crippen LogP contribution >= 0.6 is 0 Å². The number of imidazole rings is 1. The Morgan fingerprint density at radius 3 is 2.89 bits per heavy atom. The second-order valence-electron chi connectivity index (χ2n) is 3.85. The molecule has 94 valence electrons. The van der Waals surface area contributed by atoms with Crippen LogP contribution in [0.5, 0.6) is 5.75 Å². The van der Waals surface area contributed by atoms with Gasteiger partial charge in [-0.1, -0.05) is 12.1 Å². The van der Waals surface area contributed by atoms with E-state index < -0.39 is 0 Å². The fraction of sp³-hybridized carbons (Fsp3) is 0.231. The fourth-order valence-corrected chi connectivity index (χ4v) is 1.66. The second-order valence-corrected chi connectivity index (χ2v) is 3.85. The van der Waals surface area contributed by atoms with E-state index in [1.54, 1.807) is 36.2 Å². The van der Waals surface area contributed by atoms with Gasteiger partial charge >= 0.3 is 0 Å². The number of hydrogen-bond acceptors (Lipinski definition) is 3. The Hall–Kier alpha value is -2.30. The van der Waals surface area contributed by atoms with Crippen LogP contribution in [0.3, 0.4) is 0 Å². The lowest BCUT2D eigenvalue weighted by molar-refractivity contribution is -0.116. The molecule has 0 unspecified atom stereocenters. The zero-order valence-corrected chi connectivity index (χ0v) is 10.4. The van der Waals surface area contributed by atoms with E-state index in [0.717, 1.165) is 5.82 Å². The number of methoxy groups -OCH3 is 1. The summed E-state index contributed by atoms with van der Waals surface area (Å²) in [6, 6.07) is 7.31. The Morgan fingerprint density at radius 2 is 2.22 bits per heavy atom. The van der Waals surface area contributed by atoms with Crippen molar-refractivity contribution in [3.63, 3.8) is 0 Å². The monoisotopic (exact) mass is 245 g/mol. The molecule has 0 spiro atoms. The summed E-state index contributed by atoms with van der Waals surface area (Å²) in [7, 11) is 1.57. The van der Waals surface area contributed by atoms with Crippen LogP contribution in [0, 0.1) is 6.92 Å². The summed E-state index contributed by atoms with van der Waals surface area (Å²) in [6.45, 7) is 2.10. The molecule has 1 N–H and O–H groups in total. The predicted octanol–water partition coefficient (Wildman–Crippen LogP) is 1.84. The average molecular weight is 245 g/mol. The molecule has 0 atom stereocenters. The van der Waals surface area contributed by atoms with Crippen molar-refractivity contribution in [1.29, 1.82) is 0 Å². The molecule has 18 heavy (non-hydrogen) atoms. The zero-order valence-electron chi connectivity index (χ0n) is 10.4. The molecule has 0 bridgehead atoms. The Kier molecular flexibility index (Phi) is 3.62. The minimum absolute atomic E-state index is 0.111. The number of para-hydroxylation sites is 2. The normalized spacial score (nSPS) is 10.1. The van der Waals surface area contributed by atoms with Crippen molar-refractivity contribution in [3.8, 4) is 5.75 Å². The number of aryl methyl sites for hydroxylation is 1. The third-order valence-electron chi connectivity index (χ3n) is 2.62. The number of amides is 1. The van der Waals surface area contributed by atoms with E-state index in [4.69, 9.17) is 4.74 Å². The van der Waals surface area contributed by atoms with E-state index in [1.165, 1.54) is 0 Å². The highest BCUT2D eigenvalue weighted by Crippen LogP contribution is 2.22. The molecule has 2 aromatic rings. The highest BCUT2D eigenvalue weighted by molar-refractivity contribution is 5.92. The number of ether oxygens (including phenoxy) is 1. The fourth-order valence-electron chi connectivity index (χ4n) is 1.66. The van der Waals surface area contributed by atoms with Gasteiger partial charge in [0.1, 0.15) is 18.1 Å². The lowest BCUT2D eigenvalue weighted by Gasteiger charge is -2.10. The standard InChI is InChI=1S/C13H15N3O2/c1-10-14-7-8-16(10)9-13(17)15-11-5-3-4-6-12(11)18-2/h3-8H,9H2,1-2H3,(H,15,17). The zero-order chi connectivity index (χ0) is 13.0. The van der Waals surface area contributed by atoms with Gasteiger partial charge in [-0.2, -0.15) is 0 Å². The van der Waals surface area contributed by atoms with Gasteiger partial charge in [-0.05, 0) is 19.1 Å². The number of nitrogens with zero attached hydrogens (tertiary/aromatic N) is 2. The molecule has 0 aliphatic rings. The average Bonchev–Trinajstić information content (AvgIpc) is 2.75. The quantitative estimate of drug-likeness (QED) is 0.894. The molecular weight excluding hydrogens is 230 g/mol. The number of benzene rings is 1. The molecule has 0 aliphatic heterocycles. The molecule has 1 aromatic heterocycles. The second kappa shape index (κ2) is 5.35. The van der Waals surface area contributed by atoms with Crippen LogP contribution in [0.2, 0.25) is 0 Å². The van der Waals surface area contributed by atoms with Gasteiger partial charge in [0.2, 0.25) is 5.91 Å². The summed E-state index contributed by atoms with van der Waals surface area (Å²) in [5.74, 6) is 1.35. The van der Waals surface area contributed by atoms with E-state index in [-0.39, 0.29) is 12.5 Å². The number of carbonyl (C=O) groups is 1. The summed E-state index contributed by atoms with van der Waals surface area (Å²) in [4.78, 5) is 16.0. The van der Waals surface area contributed by atoms with Crippen LogP contribution in [-0.2, 0) is 11.3 Å². The van der Waals surface area contributed by atoms with Crippen molar-refractivity contribution in [2.75, 3.05) is 12.4 Å². The van der Waals surface area contributed by atoms with Crippen LogP contribution in [0.4, 0.5) is 5.69 Å². The first-order valence-corrected chi connectivity index (χ1v) is 5.61. The lowest BCUT2D eigenvalue weighted by Crippen LogP contribution is -2.19. The van der Waals surface area contributed by atoms with Gasteiger partial charge in [0.05, 0.1) is 12.8 Å². The van der Waals surface area contributed by atoms with Gasteiger partial charge in [0.25, 0.3) is 0 Å². The van der Waals surface area contributed by atoms with Gasteiger partial charge in [-0.15, -0.1) is 0 Å². The summed E-state index contributed by atoms with van der Waals surface area (Å²) >= 11 is 0. The third-order valence-corrected chi connectivity index (χ3v) is 2.62. The van der Waals surface area contributed by atoms with E-state index in [1.807, 2.05) is 19.1 Å². The Bertz CT molecular complexity index is 549. The van der Waals surface area contributed by atoms with Gasteiger partial charge in [-0.3, -0.25) is 4.79 Å². The number of hydrogen-bond donors (Lipinski definition) is 1. The predicted molar refractivity (Wildman–Crippen MR) is 68.6 cm³/mol. The molecule has 1 heterocycles. The highest BCUT2D eigenvalue weighted by Gasteiger charge is 2.08. The van der Waals surface area contributed by atoms with Crippen LogP contribution < -0.4 is 10.1 Å². The number of rotatable bonds is 4. The highest BCUT2D eigenvalue weighted by atomic mass is 16.5. The van der Waals surface area contributed by atoms with Crippen LogP contribution in [-0.4, -0.2) is 22.6 Å². The first-order valence-electron chi connectivity index (χ1n) is 5.61. The molecule has 0 fully saturated rings. The van der Waals surface area contributed by atoms with E-state index in [0.29, 0.717) is 11.4 Å². The van der Waals surface area contributed by atoms with Gasteiger partial charge in [-0.25, -0.2) is 4.98 Å². The molecule has 0 saturated heterocycles. The van der Waals surface area contributed by atoms with Crippen molar-refractivity contribution in [1.82, 2.24) is 9.55 Å². The Labute approximate surface area is 105 Å². The molecule has 0 saturated carbocycles. The van der Waals surface area contributed by atoms with Crippen LogP contribution in [0.25, 0.3) is 0 Å². The number of aromatic nitrogens is 2. The molecule has 1 aromatic carbocycles. The van der Waals surface area contributed by atoms with E-state index >= 15 is 0 Å². The maximum absolute atomic E-state index is 11.9. The largest absolute Gasteiger partial charge is 0.495 e. The Morgan fingerprint density at radius 1 is 1.44 bits per heavy atom. The number of carbonyl (C=O) groups excluding carboxylic acids is 1. The molecule has 2 rings (SSSR count). The topological polar surface area (TPSA) is 56.1 Å². The van der Waals surface area contributed by atoms with E-state index in [9.17, 15) is 4.79 Å². The first kappa shape index (κ1) is 12.2. The molecule has 5 nitrogen and oxygen atoms in total. The molecule has 0 radical (unpaired) electrons. The van der Waals surface area contributed by atoms with Crippen molar-refractivity contribution in [3.05, 3.63) is 42.5 Å². The molecule has 5 heteroatoms. The van der Waals surface area contributed by atoms with Gasteiger partial charge < -0.3 is 14.6 Å². The van der Waals surface area contributed by atoms with Crippen molar-refractivity contribution < 1.29 is 9.53 Å². The van der Waals surface area contributed by atoms with Gasteiger partial charge in [0.15, 0.2) is 0 Å².